The zero-order valence-electron chi connectivity index (χ0n) is 14.0. The molecule has 1 aliphatic rings. The molecule has 2 aromatic rings. The molecule has 0 unspecified atom stereocenters. The molecular weight excluding hydrogens is 325 g/mol. The molecule has 1 aromatic heterocycles. The molecule has 25 heavy (non-hydrogen) atoms. The second-order valence-corrected chi connectivity index (χ2v) is 5.85. The molecule has 1 aliphatic heterocycles. The Morgan fingerprint density at radius 2 is 2.04 bits per heavy atom. The Morgan fingerprint density at radius 3 is 2.72 bits per heavy atom. The molecule has 1 fully saturated rings. The molecule has 7 nitrogen and oxygen atoms in total. The minimum atomic E-state index is -0.591. The van der Waals surface area contributed by atoms with E-state index >= 15 is 0 Å². The third-order valence-corrected chi connectivity index (χ3v) is 4.21. The van der Waals surface area contributed by atoms with E-state index in [0.717, 1.165) is 31.7 Å². The van der Waals surface area contributed by atoms with Crippen molar-refractivity contribution in [1.82, 2.24) is 14.9 Å². The molecule has 0 atom stereocenters. The number of amides is 1. The Labute approximate surface area is 145 Å². The van der Waals surface area contributed by atoms with Crippen LogP contribution in [0.3, 0.4) is 0 Å². The Morgan fingerprint density at radius 1 is 1.28 bits per heavy atom. The van der Waals surface area contributed by atoms with Crippen LogP contribution in [-0.4, -0.2) is 54.1 Å². The summed E-state index contributed by atoms with van der Waals surface area (Å²) in [6.45, 7) is 3.63. The first-order valence-corrected chi connectivity index (χ1v) is 7.98. The third kappa shape index (κ3) is 4.03. The predicted molar refractivity (Wildman–Crippen MR) is 91.0 cm³/mol. The van der Waals surface area contributed by atoms with Gasteiger partial charge in [0.15, 0.2) is 0 Å². The Balaban J connectivity index is 1.63. The number of anilines is 1. The lowest BCUT2D eigenvalue weighted by atomic mass is 10.1. The van der Waals surface area contributed by atoms with E-state index in [-0.39, 0.29) is 11.5 Å². The van der Waals surface area contributed by atoms with E-state index in [1.807, 2.05) is 0 Å². The summed E-state index contributed by atoms with van der Waals surface area (Å²) in [5, 5.41) is 0. The van der Waals surface area contributed by atoms with Crippen LogP contribution in [0.1, 0.15) is 16.1 Å². The number of methoxy groups -OCH3 is 1. The Kier molecular flexibility index (Phi) is 5.08. The van der Waals surface area contributed by atoms with Crippen molar-refractivity contribution in [3.05, 3.63) is 47.7 Å². The van der Waals surface area contributed by atoms with Gasteiger partial charge in [0, 0.05) is 38.3 Å². The number of piperazine rings is 1. The highest BCUT2D eigenvalue weighted by Gasteiger charge is 2.20. The number of nitrogens with zero attached hydrogens (tertiary/aromatic N) is 4. The molecule has 2 heterocycles. The third-order valence-electron chi connectivity index (χ3n) is 4.21. The van der Waals surface area contributed by atoms with Crippen LogP contribution in [-0.2, 0) is 6.54 Å². The van der Waals surface area contributed by atoms with Gasteiger partial charge >= 0.3 is 0 Å². The number of aromatic nitrogens is 2. The molecule has 0 bridgehead atoms. The quantitative estimate of drug-likeness (QED) is 0.872. The van der Waals surface area contributed by atoms with Crippen molar-refractivity contribution >= 4 is 11.7 Å². The lowest BCUT2D eigenvalue weighted by Gasteiger charge is -2.35. The lowest BCUT2D eigenvalue weighted by Crippen LogP contribution is -2.46. The first-order valence-electron chi connectivity index (χ1n) is 7.98. The summed E-state index contributed by atoms with van der Waals surface area (Å²) in [6.07, 6.45) is 2.98. The van der Waals surface area contributed by atoms with E-state index in [4.69, 9.17) is 10.5 Å². The largest absolute Gasteiger partial charge is 0.496 e. The van der Waals surface area contributed by atoms with Crippen molar-refractivity contribution in [1.29, 1.82) is 0 Å². The molecule has 3 rings (SSSR count). The summed E-state index contributed by atoms with van der Waals surface area (Å²) in [5.41, 5.74) is 6.23. The van der Waals surface area contributed by atoms with Crippen molar-refractivity contribution in [3.63, 3.8) is 0 Å². The van der Waals surface area contributed by atoms with Gasteiger partial charge in [-0.1, -0.05) is 0 Å². The predicted octanol–water partition coefficient (Wildman–Crippen LogP) is 1.05. The Hall–Kier alpha value is -2.74. The normalized spacial score (nSPS) is 15.2. The first kappa shape index (κ1) is 17.1. The second-order valence-electron chi connectivity index (χ2n) is 5.85. The number of benzene rings is 1. The van der Waals surface area contributed by atoms with Gasteiger partial charge in [0.1, 0.15) is 23.1 Å². The second kappa shape index (κ2) is 7.43. The lowest BCUT2D eigenvalue weighted by molar-refractivity contribution is 0.0995. The maximum atomic E-state index is 13.5. The van der Waals surface area contributed by atoms with Crippen molar-refractivity contribution in [2.24, 2.45) is 5.73 Å². The molecule has 0 radical (unpaired) electrons. The number of halogens is 1. The van der Waals surface area contributed by atoms with Crippen LogP contribution in [0.5, 0.6) is 5.75 Å². The van der Waals surface area contributed by atoms with Gasteiger partial charge in [-0.15, -0.1) is 0 Å². The SMILES string of the molecule is COc1ccc(F)cc1CN1CCN(c2cncc(C(N)=O)n2)CC1. The maximum Gasteiger partial charge on any atom is 0.268 e. The summed E-state index contributed by atoms with van der Waals surface area (Å²) in [5.74, 6) is 0.460. The number of ether oxygens (including phenoxy) is 1. The van der Waals surface area contributed by atoms with Crippen LogP contribution in [0.15, 0.2) is 30.6 Å². The minimum absolute atomic E-state index is 0.157. The van der Waals surface area contributed by atoms with Crippen molar-refractivity contribution in [2.45, 2.75) is 6.54 Å². The zero-order valence-corrected chi connectivity index (χ0v) is 14.0. The molecule has 8 heteroatoms. The van der Waals surface area contributed by atoms with Crippen molar-refractivity contribution in [3.8, 4) is 5.75 Å². The Bertz CT molecular complexity index is 762. The summed E-state index contributed by atoms with van der Waals surface area (Å²) < 4.78 is 18.8. The molecule has 1 saturated heterocycles. The number of rotatable bonds is 5. The monoisotopic (exact) mass is 345 g/mol. The van der Waals surface area contributed by atoms with Crippen LogP contribution in [0.4, 0.5) is 10.2 Å². The fraction of sp³-hybridized carbons (Fsp3) is 0.353. The number of hydrogen-bond acceptors (Lipinski definition) is 6. The molecular formula is C17H20FN5O2. The topological polar surface area (TPSA) is 84.6 Å². The van der Waals surface area contributed by atoms with Crippen LogP contribution in [0.25, 0.3) is 0 Å². The van der Waals surface area contributed by atoms with Crippen LogP contribution >= 0.6 is 0 Å². The minimum Gasteiger partial charge on any atom is -0.496 e. The van der Waals surface area contributed by atoms with Gasteiger partial charge in [0.2, 0.25) is 0 Å². The summed E-state index contributed by atoms with van der Waals surface area (Å²) in [6, 6.07) is 4.55. The zero-order chi connectivity index (χ0) is 17.8. The van der Waals surface area contributed by atoms with Gasteiger partial charge in [-0.2, -0.15) is 0 Å². The smallest absolute Gasteiger partial charge is 0.268 e. The van der Waals surface area contributed by atoms with E-state index in [9.17, 15) is 9.18 Å². The number of hydrogen-bond donors (Lipinski definition) is 1. The maximum absolute atomic E-state index is 13.5. The van der Waals surface area contributed by atoms with Crippen LogP contribution < -0.4 is 15.4 Å². The molecule has 0 spiro atoms. The number of primary amides is 1. The van der Waals surface area contributed by atoms with E-state index in [2.05, 4.69) is 19.8 Å². The average Bonchev–Trinajstić information content (AvgIpc) is 2.63. The number of carbonyl (C=O) groups is 1. The standard InChI is InChI=1S/C17H20FN5O2/c1-25-15-3-2-13(18)8-12(15)11-22-4-6-23(7-5-22)16-10-20-9-14(21-16)17(19)24/h2-3,8-10H,4-7,11H2,1H3,(H2,19,24). The highest BCUT2D eigenvalue weighted by molar-refractivity contribution is 5.90. The molecule has 132 valence electrons. The highest BCUT2D eigenvalue weighted by Crippen LogP contribution is 2.22. The fourth-order valence-electron chi connectivity index (χ4n) is 2.87. The van der Waals surface area contributed by atoms with E-state index < -0.39 is 5.91 Å². The summed E-state index contributed by atoms with van der Waals surface area (Å²) in [7, 11) is 1.58. The van der Waals surface area contributed by atoms with Crippen molar-refractivity contribution < 1.29 is 13.9 Å². The fourth-order valence-corrected chi connectivity index (χ4v) is 2.87. The van der Waals surface area contributed by atoms with E-state index in [1.54, 1.807) is 19.4 Å². The number of carbonyl (C=O) groups excluding carboxylic acids is 1. The molecule has 0 aliphatic carbocycles. The summed E-state index contributed by atoms with van der Waals surface area (Å²) in [4.78, 5) is 23.8. The molecule has 1 aromatic carbocycles. The van der Waals surface area contributed by atoms with Gasteiger partial charge in [0.25, 0.3) is 5.91 Å². The summed E-state index contributed by atoms with van der Waals surface area (Å²) >= 11 is 0. The van der Waals surface area contributed by atoms with Gasteiger partial charge in [-0.25, -0.2) is 9.37 Å². The molecule has 0 saturated carbocycles. The van der Waals surface area contributed by atoms with E-state index in [1.165, 1.54) is 18.3 Å². The highest BCUT2D eigenvalue weighted by atomic mass is 19.1. The molecule has 2 N–H and O–H groups in total. The van der Waals surface area contributed by atoms with Crippen LogP contribution in [0.2, 0.25) is 0 Å². The van der Waals surface area contributed by atoms with E-state index in [0.29, 0.717) is 18.1 Å². The number of nitrogens with two attached hydrogens (primary N) is 1. The molecule has 1 amide bonds. The van der Waals surface area contributed by atoms with Gasteiger partial charge in [0.05, 0.1) is 19.5 Å². The van der Waals surface area contributed by atoms with Crippen molar-refractivity contribution in [2.75, 3.05) is 38.2 Å². The van der Waals surface area contributed by atoms with Gasteiger partial charge in [-0.3, -0.25) is 14.7 Å². The van der Waals surface area contributed by atoms with Crippen LogP contribution in [0, 0.1) is 5.82 Å². The van der Waals surface area contributed by atoms with Gasteiger partial charge < -0.3 is 15.4 Å². The average molecular weight is 345 g/mol. The van der Waals surface area contributed by atoms with Gasteiger partial charge in [-0.05, 0) is 18.2 Å². The first-order chi connectivity index (χ1) is 12.1.